The summed E-state index contributed by atoms with van der Waals surface area (Å²) in [6, 6.07) is 9.49. The second-order valence-electron chi connectivity index (χ2n) is 4.93. The number of halogens is 2. The van der Waals surface area contributed by atoms with Crippen LogP contribution in [0, 0.1) is 6.92 Å². The van der Waals surface area contributed by atoms with Crippen LogP contribution in [0.3, 0.4) is 0 Å². The minimum Gasteiger partial charge on any atom is -0.280 e. The fraction of sp³-hybridized carbons (Fsp3) is 0.0714. The Morgan fingerprint density at radius 1 is 1.17 bits per heavy atom. The molecule has 0 saturated carbocycles. The van der Waals surface area contributed by atoms with Crippen LogP contribution in [0.25, 0.3) is 11.4 Å². The van der Waals surface area contributed by atoms with Gasteiger partial charge in [0.05, 0.1) is 4.90 Å². The summed E-state index contributed by atoms with van der Waals surface area (Å²) in [4.78, 5) is 0.0185. The third kappa shape index (κ3) is 3.35. The maximum atomic E-state index is 12.6. The van der Waals surface area contributed by atoms with E-state index < -0.39 is 10.0 Å². The maximum Gasteiger partial charge on any atom is 0.262 e. The summed E-state index contributed by atoms with van der Waals surface area (Å²) in [7, 11) is -3.86. The Bertz CT molecular complexity index is 990. The highest BCUT2D eigenvalue weighted by Crippen LogP contribution is 2.29. The molecule has 0 amide bonds. The molecule has 0 aliphatic rings. The molecular weight excluding hydrogens is 373 g/mol. The second kappa shape index (κ2) is 6.39. The second-order valence-corrected chi connectivity index (χ2v) is 7.43. The highest BCUT2D eigenvalue weighted by atomic mass is 35.5. The van der Waals surface area contributed by atoms with Crippen molar-refractivity contribution in [3.63, 3.8) is 0 Å². The lowest BCUT2D eigenvalue weighted by Gasteiger charge is -2.12. The first-order chi connectivity index (χ1) is 11.4. The molecule has 3 rings (SSSR count). The number of aromatic nitrogens is 4. The van der Waals surface area contributed by atoms with E-state index in [4.69, 9.17) is 23.2 Å². The van der Waals surface area contributed by atoms with E-state index in [0.717, 1.165) is 0 Å². The fourth-order valence-corrected chi connectivity index (χ4v) is 4.07. The number of anilines is 1. The lowest BCUT2D eigenvalue weighted by molar-refractivity contribution is 0.600. The predicted octanol–water partition coefficient (Wildman–Crippen LogP) is 3.28. The van der Waals surface area contributed by atoms with E-state index in [9.17, 15) is 8.42 Å². The molecule has 0 atom stereocenters. The zero-order chi connectivity index (χ0) is 17.3. The summed E-state index contributed by atoms with van der Waals surface area (Å²) >= 11 is 11.9. The van der Waals surface area contributed by atoms with Gasteiger partial charge in [-0.15, -0.1) is 10.2 Å². The zero-order valence-corrected chi connectivity index (χ0v) is 14.6. The van der Waals surface area contributed by atoms with Crippen molar-refractivity contribution in [2.45, 2.75) is 11.8 Å². The third-order valence-corrected chi connectivity index (χ3v) is 5.39. The molecule has 1 aromatic heterocycles. The van der Waals surface area contributed by atoms with Crippen molar-refractivity contribution in [3.8, 4) is 11.4 Å². The zero-order valence-electron chi connectivity index (χ0n) is 12.3. The van der Waals surface area contributed by atoms with E-state index >= 15 is 0 Å². The molecule has 7 nitrogen and oxygen atoms in total. The van der Waals surface area contributed by atoms with Crippen molar-refractivity contribution < 1.29 is 8.42 Å². The van der Waals surface area contributed by atoms with Crippen molar-refractivity contribution in [1.82, 2.24) is 20.6 Å². The molecule has 2 aromatic carbocycles. The molecule has 10 heteroatoms. The van der Waals surface area contributed by atoms with E-state index in [1.54, 1.807) is 31.2 Å². The fourth-order valence-electron chi connectivity index (χ4n) is 2.12. The van der Waals surface area contributed by atoms with E-state index in [2.05, 4.69) is 25.3 Å². The highest BCUT2D eigenvalue weighted by Gasteiger charge is 2.20. The van der Waals surface area contributed by atoms with Gasteiger partial charge in [0.15, 0.2) is 0 Å². The molecule has 0 fully saturated rings. The van der Waals surface area contributed by atoms with Gasteiger partial charge in [-0.25, -0.2) is 8.42 Å². The Morgan fingerprint density at radius 3 is 2.67 bits per heavy atom. The van der Waals surface area contributed by atoms with Crippen LogP contribution in [-0.4, -0.2) is 29.0 Å². The van der Waals surface area contributed by atoms with Gasteiger partial charge in [0.2, 0.25) is 5.82 Å². The molecule has 24 heavy (non-hydrogen) atoms. The van der Waals surface area contributed by atoms with Crippen LogP contribution >= 0.6 is 23.2 Å². The topological polar surface area (TPSA) is 101 Å². The Hall–Kier alpha value is -2.16. The third-order valence-electron chi connectivity index (χ3n) is 3.27. The molecule has 2 N–H and O–H groups in total. The number of tetrazole rings is 1. The first-order valence-electron chi connectivity index (χ1n) is 6.69. The molecule has 124 valence electrons. The summed E-state index contributed by atoms with van der Waals surface area (Å²) in [5, 5.41) is 14.1. The van der Waals surface area contributed by atoms with Gasteiger partial charge in [-0.2, -0.15) is 5.21 Å². The molecule has 0 aliphatic heterocycles. The van der Waals surface area contributed by atoms with Crippen molar-refractivity contribution in [1.29, 1.82) is 0 Å². The van der Waals surface area contributed by atoms with Crippen molar-refractivity contribution in [2.75, 3.05) is 4.72 Å². The van der Waals surface area contributed by atoms with Gasteiger partial charge < -0.3 is 0 Å². The number of hydrogen-bond acceptors (Lipinski definition) is 5. The van der Waals surface area contributed by atoms with Gasteiger partial charge in [0, 0.05) is 21.3 Å². The molecule has 3 aromatic rings. The average molecular weight is 384 g/mol. The van der Waals surface area contributed by atoms with Crippen molar-refractivity contribution in [3.05, 3.63) is 52.0 Å². The maximum absolute atomic E-state index is 12.6. The molecule has 0 bridgehead atoms. The van der Waals surface area contributed by atoms with Gasteiger partial charge in [0.1, 0.15) is 0 Å². The molecule has 0 spiro atoms. The summed E-state index contributed by atoms with van der Waals surface area (Å²) < 4.78 is 27.8. The van der Waals surface area contributed by atoms with Crippen LogP contribution in [0.5, 0.6) is 0 Å². The Morgan fingerprint density at radius 2 is 1.96 bits per heavy atom. The van der Waals surface area contributed by atoms with Crippen LogP contribution in [0.2, 0.25) is 10.0 Å². The smallest absolute Gasteiger partial charge is 0.262 e. The lowest BCUT2D eigenvalue weighted by Crippen LogP contribution is -2.14. The minimum atomic E-state index is -3.86. The first kappa shape index (κ1) is 16.7. The number of H-pyrrole nitrogens is 1. The van der Waals surface area contributed by atoms with Crippen LogP contribution in [-0.2, 0) is 10.0 Å². The molecule has 1 heterocycles. The number of nitrogens with one attached hydrogen (secondary N) is 2. The van der Waals surface area contributed by atoms with E-state index in [1.165, 1.54) is 12.1 Å². The Balaban J connectivity index is 1.98. The largest absolute Gasteiger partial charge is 0.280 e. The molecule has 0 unspecified atom stereocenters. The van der Waals surface area contributed by atoms with E-state index in [1.807, 2.05) is 0 Å². The first-order valence-corrected chi connectivity index (χ1v) is 8.93. The average Bonchev–Trinajstić information content (AvgIpc) is 3.05. The number of sulfonamides is 1. The van der Waals surface area contributed by atoms with Gasteiger partial charge in [0.25, 0.3) is 10.0 Å². The normalized spacial score (nSPS) is 11.5. The Kier molecular flexibility index (Phi) is 4.44. The number of hydrogen-bond donors (Lipinski definition) is 2. The molecule has 0 aliphatic carbocycles. The standard InChI is InChI=1S/C14H11Cl2N5O2S/c1-8-12(16)6-10(15)7-13(8)24(22,23)19-11-4-2-3-9(5-11)14-17-20-21-18-14/h2-7,19H,1H3,(H,17,18,20,21). The van der Waals surface area contributed by atoms with Gasteiger partial charge >= 0.3 is 0 Å². The van der Waals surface area contributed by atoms with E-state index in [-0.39, 0.29) is 14.9 Å². The monoisotopic (exact) mass is 383 g/mol. The van der Waals surface area contributed by atoms with Gasteiger partial charge in [-0.3, -0.25) is 4.72 Å². The summed E-state index contributed by atoms with van der Waals surface area (Å²) in [5.74, 6) is 0.359. The number of rotatable bonds is 4. The summed E-state index contributed by atoms with van der Waals surface area (Å²) in [6.45, 7) is 1.61. The van der Waals surface area contributed by atoms with Crippen LogP contribution in [0.4, 0.5) is 5.69 Å². The summed E-state index contributed by atoms with van der Waals surface area (Å²) in [6.07, 6.45) is 0. The number of aromatic amines is 1. The number of benzene rings is 2. The Labute approximate surface area is 148 Å². The molecule has 0 saturated heterocycles. The quantitative estimate of drug-likeness (QED) is 0.719. The number of nitrogens with zero attached hydrogens (tertiary/aromatic N) is 3. The van der Waals surface area contributed by atoms with Gasteiger partial charge in [-0.1, -0.05) is 35.3 Å². The highest BCUT2D eigenvalue weighted by molar-refractivity contribution is 7.92. The lowest BCUT2D eigenvalue weighted by atomic mass is 10.2. The van der Waals surface area contributed by atoms with Crippen molar-refractivity contribution in [2.24, 2.45) is 0 Å². The SMILES string of the molecule is Cc1c(Cl)cc(Cl)cc1S(=O)(=O)Nc1cccc(-c2nn[nH]n2)c1. The van der Waals surface area contributed by atoms with Crippen LogP contribution < -0.4 is 4.72 Å². The minimum absolute atomic E-state index is 0.0185. The van der Waals surface area contributed by atoms with Crippen LogP contribution in [0.1, 0.15) is 5.56 Å². The van der Waals surface area contributed by atoms with Gasteiger partial charge in [-0.05, 0) is 42.0 Å². The summed E-state index contributed by atoms with van der Waals surface area (Å²) in [5.41, 5.74) is 1.39. The van der Waals surface area contributed by atoms with Crippen LogP contribution in [0.15, 0.2) is 41.3 Å². The molecular formula is C14H11Cl2N5O2S. The van der Waals surface area contributed by atoms with Crippen molar-refractivity contribution >= 4 is 38.9 Å². The predicted molar refractivity (Wildman–Crippen MR) is 91.6 cm³/mol. The molecule has 0 radical (unpaired) electrons. The van der Waals surface area contributed by atoms with E-state index in [0.29, 0.717) is 22.6 Å².